The van der Waals surface area contributed by atoms with Crippen molar-refractivity contribution in [2.24, 2.45) is 0 Å². The molecule has 26 heavy (non-hydrogen) atoms. The van der Waals surface area contributed by atoms with Gasteiger partial charge in [0, 0.05) is 11.8 Å². The van der Waals surface area contributed by atoms with Crippen LogP contribution in [0.3, 0.4) is 0 Å². The first-order chi connectivity index (χ1) is 12.5. The molecule has 0 spiro atoms. The number of rotatable bonds is 7. The fraction of sp³-hybridized carbons (Fsp3) is 0.158. The molecule has 0 unspecified atom stereocenters. The number of aryl methyl sites for hydroxylation is 1. The predicted octanol–water partition coefficient (Wildman–Crippen LogP) is 3.06. The normalized spacial score (nSPS) is 11.9. The Labute approximate surface area is 152 Å². The fourth-order valence-corrected chi connectivity index (χ4v) is 3.03. The van der Waals surface area contributed by atoms with Crippen LogP contribution in [-0.4, -0.2) is 18.6 Å². The van der Waals surface area contributed by atoms with Crippen LogP contribution in [0.5, 0.6) is 0 Å². The Bertz CT molecular complexity index is 978. The summed E-state index contributed by atoms with van der Waals surface area (Å²) < 4.78 is 31.6. The maximum Gasteiger partial charge on any atom is 0.241 e. The van der Waals surface area contributed by atoms with Gasteiger partial charge in [-0.3, -0.25) is 0 Å². The number of nitrogens with one attached hydrogen (secondary N) is 1. The molecule has 1 heterocycles. The number of hydrogen-bond donors (Lipinski definition) is 1. The number of hydrogen-bond acceptors (Lipinski definition) is 5. The van der Waals surface area contributed by atoms with Gasteiger partial charge >= 0.3 is 0 Å². The van der Waals surface area contributed by atoms with Crippen LogP contribution in [-0.2, 0) is 23.0 Å². The zero-order valence-electron chi connectivity index (χ0n) is 14.3. The van der Waals surface area contributed by atoms with Gasteiger partial charge < -0.3 is 4.52 Å². The average molecular weight is 369 g/mol. The van der Waals surface area contributed by atoms with Crippen molar-refractivity contribution in [3.05, 3.63) is 88.4 Å². The van der Waals surface area contributed by atoms with Crippen molar-refractivity contribution < 1.29 is 12.9 Å². The molecule has 0 saturated heterocycles. The van der Waals surface area contributed by atoms with Gasteiger partial charge in [-0.2, -0.15) is 4.98 Å². The molecule has 1 aromatic heterocycles. The molecule has 6 nitrogen and oxygen atoms in total. The van der Waals surface area contributed by atoms with Gasteiger partial charge in [-0.1, -0.05) is 65.3 Å². The molecule has 1 N–H and O–H groups in total. The second kappa shape index (κ2) is 8.07. The minimum atomic E-state index is -3.60. The van der Waals surface area contributed by atoms with Crippen LogP contribution in [0.25, 0.3) is 6.08 Å². The molecule has 7 heteroatoms. The number of sulfonamides is 1. The topological polar surface area (TPSA) is 85.1 Å². The van der Waals surface area contributed by atoms with Crippen LogP contribution < -0.4 is 4.72 Å². The monoisotopic (exact) mass is 369 g/mol. The van der Waals surface area contributed by atoms with Crippen LogP contribution >= 0.6 is 0 Å². The lowest BCUT2D eigenvalue weighted by atomic mass is 10.1. The number of benzene rings is 2. The van der Waals surface area contributed by atoms with Gasteiger partial charge in [0.25, 0.3) is 0 Å². The predicted molar refractivity (Wildman–Crippen MR) is 99.5 cm³/mol. The van der Waals surface area contributed by atoms with Gasteiger partial charge in [-0.25, -0.2) is 13.1 Å². The summed E-state index contributed by atoms with van der Waals surface area (Å²) in [5.41, 5.74) is 2.98. The van der Waals surface area contributed by atoms with Gasteiger partial charge in [0.15, 0.2) is 5.82 Å². The van der Waals surface area contributed by atoms with Gasteiger partial charge in [0.1, 0.15) is 0 Å². The molecule has 0 amide bonds. The molecule has 0 aliphatic rings. The van der Waals surface area contributed by atoms with E-state index in [1.54, 1.807) is 0 Å². The summed E-state index contributed by atoms with van der Waals surface area (Å²) in [5, 5.41) is 5.00. The van der Waals surface area contributed by atoms with Gasteiger partial charge in [0.2, 0.25) is 15.9 Å². The van der Waals surface area contributed by atoms with Gasteiger partial charge in [-0.05, 0) is 24.1 Å². The SMILES string of the molecule is Cc1ccc(C=CS(=O)(=O)NCc2nc(Cc3ccccc3)no2)cc1. The van der Waals surface area contributed by atoms with E-state index in [1.807, 2.05) is 61.5 Å². The van der Waals surface area contributed by atoms with Crippen molar-refractivity contribution in [2.45, 2.75) is 19.9 Å². The first-order valence-electron chi connectivity index (χ1n) is 8.10. The van der Waals surface area contributed by atoms with Crippen molar-refractivity contribution in [1.82, 2.24) is 14.9 Å². The van der Waals surface area contributed by atoms with Crippen LogP contribution in [0.2, 0.25) is 0 Å². The molecule has 0 saturated carbocycles. The molecular formula is C19H19N3O3S. The molecule has 0 radical (unpaired) electrons. The molecular weight excluding hydrogens is 350 g/mol. The van der Waals surface area contributed by atoms with Crippen molar-refractivity contribution >= 4 is 16.1 Å². The molecule has 0 aliphatic heterocycles. The molecule has 3 rings (SSSR count). The molecule has 0 bridgehead atoms. The second-order valence-corrected chi connectivity index (χ2v) is 7.50. The molecule has 3 aromatic rings. The Morgan fingerprint density at radius 3 is 2.54 bits per heavy atom. The van der Waals surface area contributed by atoms with E-state index in [0.717, 1.165) is 22.1 Å². The molecule has 0 aliphatic carbocycles. The number of aromatic nitrogens is 2. The average Bonchev–Trinajstić information content (AvgIpc) is 3.08. The zero-order chi connectivity index (χ0) is 18.4. The first-order valence-corrected chi connectivity index (χ1v) is 9.65. The van der Waals surface area contributed by atoms with E-state index in [1.165, 1.54) is 6.08 Å². The minimum Gasteiger partial charge on any atom is -0.338 e. The summed E-state index contributed by atoms with van der Waals surface area (Å²) in [6, 6.07) is 17.3. The van der Waals surface area contributed by atoms with E-state index in [0.29, 0.717) is 12.2 Å². The van der Waals surface area contributed by atoms with E-state index in [4.69, 9.17) is 4.52 Å². The lowest BCUT2D eigenvalue weighted by Crippen LogP contribution is -2.20. The zero-order valence-corrected chi connectivity index (χ0v) is 15.1. The Kier molecular flexibility index (Phi) is 5.60. The molecule has 0 fully saturated rings. The van der Waals surface area contributed by atoms with E-state index >= 15 is 0 Å². The van der Waals surface area contributed by atoms with Crippen molar-refractivity contribution in [3.8, 4) is 0 Å². The first kappa shape index (κ1) is 18.0. The van der Waals surface area contributed by atoms with Crippen molar-refractivity contribution in [2.75, 3.05) is 0 Å². The maximum atomic E-state index is 12.1. The Morgan fingerprint density at radius 2 is 1.81 bits per heavy atom. The summed E-state index contributed by atoms with van der Waals surface area (Å²) in [6.45, 7) is 1.92. The van der Waals surface area contributed by atoms with Gasteiger partial charge in [-0.15, -0.1) is 0 Å². The quantitative estimate of drug-likeness (QED) is 0.692. The highest BCUT2D eigenvalue weighted by molar-refractivity contribution is 7.92. The third-order valence-corrected chi connectivity index (χ3v) is 4.70. The van der Waals surface area contributed by atoms with Crippen LogP contribution in [0.1, 0.15) is 28.4 Å². The minimum absolute atomic E-state index is 0.0532. The highest BCUT2D eigenvalue weighted by Gasteiger charge is 2.11. The second-order valence-electron chi connectivity index (χ2n) is 5.85. The summed E-state index contributed by atoms with van der Waals surface area (Å²) >= 11 is 0. The van der Waals surface area contributed by atoms with Crippen LogP contribution in [0.4, 0.5) is 0 Å². The molecule has 2 aromatic carbocycles. The highest BCUT2D eigenvalue weighted by Crippen LogP contribution is 2.08. The van der Waals surface area contributed by atoms with E-state index < -0.39 is 10.0 Å². The Morgan fingerprint density at radius 1 is 1.08 bits per heavy atom. The standard InChI is InChI=1S/C19H19N3O3S/c1-15-7-9-16(10-8-15)11-12-26(23,24)20-14-19-21-18(22-25-19)13-17-5-3-2-4-6-17/h2-12,20H,13-14H2,1H3. The van der Waals surface area contributed by atoms with Crippen LogP contribution in [0.15, 0.2) is 64.5 Å². The largest absolute Gasteiger partial charge is 0.338 e. The lowest BCUT2D eigenvalue weighted by Gasteiger charge is -1.99. The maximum absolute atomic E-state index is 12.1. The van der Waals surface area contributed by atoms with Gasteiger partial charge in [0.05, 0.1) is 6.54 Å². The van der Waals surface area contributed by atoms with E-state index in [-0.39, 0.29) is 12.4 Å². The Hall–Kier alpha value is -2.77. The van der Waals surface area contributed by atoms with E-state index in [2.05, 4.69) is 14.9 Å². The number of nitrogens with zero attached hydrogens (tertiary/aromatic N) is 2. The third kappa shape index (κ3) is 5.37. The third-order valence-electron chi connectivity index (χ3n) is 3.66. The van der Waals surface area contributed by atoms with E-state index in [9.17, 15) is 8.42 Å². The molecule has 134 valence electrons. The smallest absolute Gasteiger partial charge is 0.241 e. The van der Waals surface area contributed by atoms with Crippen molar-refractivity contribution in [3.63, 3.8) is 0 Å². The summed E-state index contributed by atoms with van der Waals surface area (Å²) in [6.07, 6.45) is 2.07. The molecule has 0 atom stereocenters. The summed E-state index contributed by atoms with van der Waals surface area (Å²) in [7, 11) is -3.60. The summed E-state index contributed by atoms with van der Waals surface area (Å²) in [4.78, 5) is 4.21. The highest BCUT2D eigenvalue weighted by atomic mass is 32.2. The Balaban J connectivity index is 1.57. The van der Waals surface area contributed by atoms with Crippen molar-refractivity contribution in [1.29, 1.82) is 0 Å². The summed E-state index contributed by atoms with van der Waals surface area (Å²) in [5.74, 6) is 0.740. The fourth-order valence-electron chi connectivity index (χ4n) is 2.27. The van der Waals surface area contributed by atoms with Crippen LogP contribution in [0, 0.1) is 6.92 Å². The lowest BCUT2D eigenvalue weighted by molar-refractivity contribution is 0.371.